The third-order valence-electron chi connectivity index (χ3n) is 3.89. The average molecular weight is 418 g/mol. The maximum Gasteiger partial charge on any atom is 0.123 e. The van der Waals surface area contributed by atoms with E-state index in [1.54, 1.807) is 18.4 Å². The van der Waals surface area contributed by atoms with Crippen LogP contribution in [0.3, 0.4) is 0 Å². The molecule has 0 bridgehead atoms. The molecule has 1 heterocycles. The van der Waals surface area contributed by atoms with Crippen molar-refractivity contribution in [2.75, 3.05) is 13.7 Å². The van der Waals surface area contributed by atoms with Crippen LogP contribution in [0.4, 0.5) is 0 Å². The predicted octanol–water partition coefficient (Wildman–Crippen LogP) is 5.65. The van der Waals surface area contributed by atoms with Crippen LogP contribution in [-0.4, -0.2) is 18.7 Å². The van der Waals surface area contributed by atoms with Crippen molar-refractivity contribution in [3.8, 4) is 16.3 Å². The second-order valence-electron chi connectivity index (χ2n) is 5.68. The average Bonchev–Trinajstić information content (AvgIpc) is 3.01. The highest BCUT2D eigenvalue weighted by molar-refractivity contribution is 9.10. The molecule has 0 aliphatic heterocycles. The summed E-state index contributed by atoms with van der Waals surface area (Å²) < 4.78 is 12.1. The first-order valence-electron chi connectivity index (χ1n) is 8.08. The minimum Gasteiger partial charge on any atom is -0.497 e. The molecule has 2 aromatic carbocycles. The lowest BCUT2D eigenvalue weighted by atomic mass is 10.2. The van der Waals surface area contributed by atoms with Crippen molar-refractivity contribution in [3.05, 3.63) is 69.1 Å². The van der Waals surface area contributed by atoms with Gasteiger partial charge in [0.2, 0.25) is 0 Å². The molecule has 0 saturated heterocycles. The summed E-state index contributed by atoms with van der Waals surface area (Å²) in [4.78, 5) is 6.03. The topological polar surface area (TPSA) is 31.4 Å². The fourth-order valence-electron chi connectivity index (χ4n) is 2.46. The molecule has 0 saturated carbocycles. The van der Waals surface area contributed by atoms with Crippen molar-refractivity contribution < 1.29 is 9.47 Å². The van der Waals surface area contributed by atoms with Gasteiger partial charge in [-0.2, -0.15) is 0 Å². The Kier molecular flexibility index (Phi) is 6.24. The number of aromatic nitrogens is 1. The van der Waals surface area contributed by atoms with Crippen LogP contribution >= 0.6 is 27.3 Å². The largest absolute Gasteiger partial charge is 0.497 e. The summed E-state index contributed by atoms with van der Waals surface area (Å²) in [7, 11) is 1.68. The van der Waals surface area contributed by atoms with Crippen molar-refractivity contribution in [2.45, 2.75) is 20.0 Å². The zero-order valence-electron chi connectivity index (χ0n) is 14.3. The van der Waals surface area contributed by atoms with Crippen LogP contribution < -0.4 is 4.74 Å². The molecule has 0 unspecified atom stereocenters. The lowest BCUT2D eigenvalue weighted by molar-refractivity contribution is 0.123. The first-order valence-corrected chi connectivity index (χ1v) is 9.69. The Morgan fingerprint density at radius 3 is 2.44 bits per heavy atom. The molecule has 0 aliphatic rings. The van der Waals surface area contributed by atoms with Crippen LogP contribution in [-0.2, 0) is 17.8 Å². The number of hydrogen-bond donors (Lipinski definition) is 0. The Morgan fingerprint density at radius 2 is 1.76 bits per heavy atom. The number of ether oxygens (including phenoxy) is 2. The minimum atomic E-state index is 0.627. The normalized spacial score (nSPS) is 10.8. The second-order valence-corrected chi connectivity index (χ2v) is 7.80. The third-order valence-corrected chi connectivity index (χ3v) is 5.49. The van der Waals surface area contributed by atoms with Crippen molar-refractivity contribution in [1.29, 1.82) is 0 Å². The number of benzene rings is 2. The van der Waals surface area contributed by atoms with E-state index in [2.05, 4.69) is 35.0 Å². The van der Waals surface area contributed by atoms with Gasteiger partial charge < -0.3 is 9.47 Å². The van der Waals surface area contributed by atoms with Gasteiger partial charge in [-0.05, 0) is 48.9 Å². The third kappa shape index (κ3) is 4.91. The Morgan fingerprint density at radius 1 is 1.04 bits per heavy atom. The summed E-state index contributed by atoms with van der Waals surface area (Å²) in [6, 6.07) is 16.2. The Labute approximate surface area is 160 Å². The monoisotopic (exact) mass is 417 g/mol. The van der Waals surface area contributed by atoms with Gasteiger partial charge in [0.15, 0.2) is 0 Å². The molecule has 3 aromatic rings. The first-order chi connectivity index (χ1) is 12.2. The van der Waals surface area contributed by atoms with E-state index >= 15 is 0 Å². The predicted molar refractivity (Wildman–Crippen MR) is 106 cm³/mol. The number of hydrogen-bond acceptors (Lipinski definition) is 4. The van der Waals surface area contributed by atoms with Crippen LogP contribution in [0.2, 0.25) is 0 Å². The van der Waals surface area contributed by atoms with Crippen molar-refractivity contribution in [1.82, 2.24) is 4.98 Å². The molecule has 0 spiro atoms. The summed E-state index contributed by atoms with van der Waals surface area (Å²) in [5, 5.41) is 1.04. The number of rotatable bonds is 7. The lowest BCUT2D eigenvalue weighted by Gasteiger charge is -2.04. The minimum absolute atomic E-state index is 0.627. The van der Waals surface area contributed by atoms with E-state index in [1.807, 2.05) is 36.4 Å². The maximum atomic E-state index is 5.80. The van der Waals surface area contributed by atoms with Crippen LogP contribution in [0.5, 0.6) is 5.75 Å². The molecule has 0 atom stereocenters. The molecule has 0 radical (unpaired) electrons. The van der Waals surface area contributed by atoms with Crippen molar-refractivity contribution >= 4 is 27.3 Å². The quantitative estimate of drug-likeness (QED) is 0.465. The van der Waals surface area contributed by atoms with Gasteiger partial charge in [-0.3, -0.25) is 0 Å². The SMILES string of the molecule is COc1ccc(-c2nc(CCOCc3ccc(Br)cc3)c(C)s2)cc1. The second kappa shape index (κ2) is 8.61. The maximum absolute atomic E-state index is 5.80. The fourth-order valence-corrected chi connectivity index (χ4v) is 3.69. The van der Waals surface area contributed by atoms with Crippen LogP contribution in [0, 0.1) is 6.92 Å². The molecule has 1 aromatic heterocycles. The Balaban J connectivity index is 1.56. The summed E-state index contributed by atoms with van der Waals surface area (Å²) in [5.74, 6) is 0.860. The molecule has 25 heavy (non-hydrogen) atoms. The van der Waals surface area contributed by atoms with E-state index in [-0.39, 0.29) is 0 Å². The van der Waals surface area contributed by atoms with E-state index < -0.39 is 0 Å². The highest BCUT2D eigenvalue weighted by Gasteiger charge is 2.09. The summed E-state index contributed by atoms with van der Waals surface area (Å²) in [5.41, 5.74) is 3.42. The zero-order chi connectivity index (χ0) is 17.6. The van der Waals surface area contributed by atoms with Gasteiger partial charge >= 0.3 is 0 Å². The molecule has 130 valence electrons. The highest BCUT2D eigenvalue weighted by Crippen LogP contribution is 2.29. The molecule has 0 amide bonds. The van der Waals surface area contributed by atoms with Crippen LogP contribution in [0.15, 0.2) is 53.0 Å². The van der Waals surface area contributed by atoms with Gasteiger partial charge in [-0.1, -0.05) is 28.1 Å². The first kappa shape index (κ1) is 18.1. The number of aryl methyl sites for hydroxylation is 1. The van der Waals surface area contributed by atoms with Gasteiger partial charge in [0.05, 0.1) is 26.0 Å². The van der Waals surface area contributed by atoms with E-state index in [0.717, 1.165) is 32.9 Å². The fraction of sp³-hybridized carbons (Fsp3) is 0.250. The van der Waals surface area contributed by atoms with Crippen LogP contribution in [0.25, 0.3) is 10.6 Å². The van der Waals surface area contributed by atoms with Gasteiger partial charge in [0.1, 0.15) is 10.8 Å². The molecule has 3 rings (SSSR count). The smallest absolute Gasteiger partial charge is 0.123 e. The van der Waals surface area contributed by atoms with Gasteiger partial charge in [0.25, 0.3) is 0 Å². The summed E-state index contributed by atoms with van der Waals surface area (Å²) >= 11 is 5.16. The summed E-state index contributed by atoms with van der Waals surface area (Å²) in [6.45, 7) is 3.42. The van der Waals surface area contributed by atoms with Crippen molar-refractivity contribution in [2.24, 2.45) is 0 Å². The molecule has 5 heteroatoms. The number of nitrogens with zero attached hydrogens (tertiary/aromatic N) is 1. The highest BCUT2D eigenvalue weighted by atomic mass is 79.9. The molecule has 3 nitrogen and oxygen atoms in total. The number of halogens is 1. The Bertz CT molecular complexity index is 813. The van der Waals surface area contributed by atoms with E-state index in [0.29, 0.717) is 13.2 Å². The number of thiazole rings is 1. The molecule has 0 N–H and O–H groups in total. The van der Waals surface area contributed by atoms with Crippen LogP contribution in [0.1, 0.15) is 16.1 Å². The molecule has 0 aliphatic carbocycles. The van der Waals surface area contributed by atoms with Gasteiger partial charge in [-0.15, -0.1) is 11.3 Å². The number of methoxy groups -OCH3 is 1. The Hall–Kier alpha value is -1.69. The van der Waals surface area contributed by atoms with E-state index in [1.165, 1.54) is 10.4 Å². The standard InChI is InChI=1S/C20H20BrNO2S/c1-14-19(11-12-24-13-15-3-7-17(21)8-4-15)22-20(25-14)16-5-9-18(23-2)10-6-16/h3-10H,11-13H2,1-2H3. The van der Waals surface area contributed by atoms with E-state index in [4.69, 9.17) is 14.5 Å². The molecular weight excluding hydrogens is 398 g/mol. The van der Waals surface area contributed by atoms with E-state index in [9.17, 15) is 0 Å². The van der Waals surface area contributed by atoms with Gasteiger partial charge in [-0.25, -0.2) is 4.98 Å². The summed E-state index contributed by atoms with van der Waals surface area (Å²) in [6.07, 6.45) is 0.828. The lowest BCUT2D eigenvalue weighted by Crippen LogP contribution is -2.00. The van der Waals surface area contributed by atoms with Gasteiger partial charge in [0, 0.05) is 21.3 Å². The van der Waals surface area contributed by atoms with Crippen molar-refractivity contribution in [3.63, 3.8) is 0 Å². The molecular formula is C20H20BrNO2S. The zero-order valence-corrected chi connectivity index (χ0v) is 16.7. The molecule has 0 fully saturated rings.